The smallest absolute Gasteiger partial charge is 0.138 e. The zero-order valence-corrected chi connectivity index (χ0v) is 9.37. The number of halogens is 1. The first kappa shape index (κ1) is 9.93. The van der Waals surface area contributed by atoms with Gasteiger partial charge in [0.05, 0.1) is 0 Å². The van der Waals surface area contributed by atoms with Gasteiger partial charge in [-0.15, -0.1) is 11.3 Å². The quantitative estimate of drug-likeness (QED) is 0.796. The number of ketones is 1. The Kier molecular flexibility index (Phi) is 3.95. The summed E-state index contributed by atoms with van der Waals surface area (Å²) in [5.41, 5.74) is 0. The zero-order valence-electron chi connectivity index (χ0n) is 6.97. The van der Waals surface area contributed by atoms with E-state index in [1.54, 1.807) is 11.3 Å². The minimum absolute atomic E-state index is 0.334. The molecule has 0 fully saturated rings. The number of carbonyl (C=O) groups excluding carboxylic acids is 1. The molecule has 0 aliphatic rings. The molecular formula is C9H11BrOS. The fourth-order valence-corrected chi connectivity index (χ4v) is 2.52. The van der Waals surface area contributed by atoms with E-state index in [1.807, 2.05) is 18.4 Å². The molecule has 1 nitrogen and oxygen atoms in total. The molecule has 1 heterocycles. The van der Waals surface area contributed by atoms with Gasteiger partial charge >= 0.3 is 0 Å². The van der Waals surface area contributed by atoms with Crippen molar-refractivity contribution in [2.75, 3.05) is 0 Å². The molecule has 0 N–H and O–H groups in total. The van der Waals surface area contributed by atoms with Crippen LogP contribution in [-0.4, -0.2) is 5.78 Å². The van der Waals surface area contributed by atoms with Crippen molar-refractivity contribution in [2.24, 2.45) is 0 Å². The molecule has 0 atom stereocenters. The molecule has 0 saturated heterocycles. The number of Topliss-reactive ketones (excluding diaryl/α,β-unsaturated/α-hetero) is 1. The summed E-state index contributed by atoms with van der Waals surface area (Å²) in [7, 11) is 0. The lowest BCUT2D eigenvalue weighted by Crippen LogP contribution is -2.00. The van der Waals surface area contributed by atoms with Crippen molar-refractivity contribution in [3.05, 3.63) is 20.8 Å². The Balaban J connectivity index is 2.52. The molecule has 3 heteroatoms. The summed E-state index contributed by atoms with van der Waals surface area (Å²) in [4.78, 5) is 12.4. The van der Waals surface area contributed by atoms with Crippen molar-refractivity contribution < 1.29 is 4.79 Å². The molecule has 0 aromatic carbocycles. The summed E-state index contributed by atoms with van der Waals surface area (Å²) in [6.45, 7) is 2.03. The van der Waals surface area contributed by atoms with Crippen molar-refractivity contribution in [1.29, 1.82) is 0 Å². The van der Waals surface area contributed by atoms with Crippen LogP contribution < -0.4 is 0 Å². The Labute approximate surface area is 84.9 Å². The van der Waals surface area contributed by atoms with Gasteiger partial charge in [0.1, 0.15) is 5.78 Å². The average molecular weight is 247 g/mol. The molecule has 0 radical (unpaired) electrons. The maximum absolute atomic E-state index is 11.2. The lowest BCUT2D eigenvalue weighted by molar-refractivity contribution is -0.118. The van der Waals surface area contributed by atoms with E-state index in [0.717, 1.165) is 15.8 Å². The molecule has 12 heavy (non-hydrogen) atoms. The van der Waals surface area contributed by atoms with E-state index in [9.17, 15) is 4.79 Å². The van der Waals surface area contributed by atoms with Crippen LogP contribution in [0.15, 0.2) is 15.9 Å². The van der Waals surface area contributed by atoms with Crippen LogP contribution in [0.1, 0.15) is 24.6 Å². The molecule has 1 rings (SSSR count). The zero-order chi connectivity index (χ0) is 8.97. The predicted molar refractivity (Wildman–Crippen MR) is 55.6 cm³/mol. The van der Waals surface area contributed by atoms with E-state index in [-0.39, 0.29) is 0 Å². The van der Waals surface area contributed by atoms with Crippen molar-refractivity contribution in [2.45, 2.75) is 26.2 Å². The molecular weight excluding hydrogens is 236 g/mol. The SMILES string of the molecule is CCCC(=O)Cc1sccc1Br. The van der Waals surface area contributed by atoms with Gasteiger partial charge in [0, 0.05) is 22.2 Å². The number of carbonyl (C=O) groups is 1. The number of thiophene rings is 1. The molecule has 0 aliphatic carbocycles. The van der Waals surface area contributed by atoms with Crippen LogP contribution >= 0.6 is 27.3 Å². The fraction of sp³-hybridized carbons (Fsp3) is 0.444. The third-order valence-corrected chi connectivity index (χ3v) is 3.50. The van der Waals surface area contributed by atoms with E-state index < -0.39 is 0 Å². The second-order valence-corrected chi connectivity index (χ2v) is 4.51. The van der Waals surface area contributed by atoms with Gasteiger partial charge in [-0.25, -0.2) is 0 Å². The molecule has 0 unspecified atom stereocenters. The van der Waals surface area contributed by atoms with E-state index in [2.05, 4.69) is 15.9 Å². The van der Waals surface area contributed by atoms with Crippen LogP contribution in [0.2, 0.25) is 0 Å². The first-order valence-electron chi connectivity index (χ1n) is 3.97. The lowest BCUT2D eigenvalue weighted by Gasteiger charge is -1.96. The standard InChI is InChI=1S/C9H11BrOS/c1-2-3-7(11)6-9-8(10)4-5-12-9/h4-5H,2-3,6H2,1H3. The van der Waals surface area contributed by atoms with E-state index in [4.69, 9.17) is 0 Å². The van der Waals surface area contributed by atoms with Gasteiger partial charge in [-0.3, -0.25) is 4.79 Å². The van der Waals surface area contributed by atoms with E-state index in [0.29, 0.717) is 18.6 Å². The summed E-state index contributed by atoms with van der Waals surface area (Å²) in [6.07, 6.45) is 2.23. The average Bonchev–Trinajstić information content (AvgIpc) is 2.37. The van der Waals surface area contributed by atoms with Crippen molar-refractivity contribution in [1.82, 2.24) is 0 Å². The Hall–Kier alpha value is -0.150. The topological polar surface area (TPSA) is 17.1 Å². The highest BCUT2D eigenvalue weighted by Crippen LogP contribution is 2.23. The first-order valence-corrected chi connectivity index (χ1v) is 5.65. The van der Waals surface area contributed by atoms with E-state index in [1.165, 1.54) is 0 Å². The highest BCUT2D eigenvalue weighted by molar-refractivity contribution is 9.10. The van der Waals surface area contributed by atoms with Gasteiger partial charge < -0.3 is 0 Å². The van der Waals surface area contributed by atoms with Gasteiger partial charge in [-0.05, 0) is 33.8 Å². The van der Waals surface area contributed by atoms with Crippen LogP contribution in [0.25, 0.3) is 0 Å². The Bertz CT molecular complexity index is 267. The predicted octanol–water partition coefficient (Wildman–Crippen LogP) is 3.42. The van der Waals surface area contributed by atoms with Crippen LogP contribution in [0.5, 0.6) is 0 Å². The third kappa shape index (κ3) is 2.72. The van der Waals surface area contributed by atoms with Gasteiger partial charge in [0.2, 0.25) is 0 Å². The third-order valence-electron chi connectivity index (χ3n) is 1.58. The maximum Gasteiger partial charge on any atom is 0.138 e. The van der Waals surface area contributed by atoms with Crippen LogP contribution in [0.4, 0.5) is 0 Å². The minimum Gasteiger partial charge on any atom is -0.299 e. The van der Waals surface area contributed by atoms with Crippen molar-refractivity contribution in [3.8, 4) is 0 Å². The van der Waals surface area contributed by atoms with Crippen LogP contribution in [0.3, 0.4) is 0 Å². The lowest BCUT2D eigenvalue weighted by atomic mass is 10.1. The molecule has 0 saturated carbocycles. The van der Waals surface area contributed by atoms with Gasteiger partial charge in [0.15, 0.2) is 0 Å². The van der Waals surface area contributed by atoms with Crippen LogP contribution in [-0.2, 0) is 11.2 Å². The summed E-state index contributed by atoms with van der Waals surface area (Å²) >= 11 is 5.04. The molecule has 0 amide bonds. The molecule has 0 aliphatic heterocycles. The molecule has 1 aromatic rings. The molecule has 0 bridgehead atoms. The summed E-state index contributed by atoms with van der Waals surface area (Å²) < 4.78 is 1.07. The number of hydrogen-bond acceptors (Lipinski definition) is 2. The molecule has 1 aromatic heterocycles. The highest BCUT2D eigenvalue weighted by Gasteiger charge is 2.06. The van der Waals surface area contributed by atoms with Gasteiger partial charge in [-0.2, -0.15) is 0 Å². The summed E-state index contributed by atoms with van der Waals surface area (Å²) in [5, 5.41) is 2.00. The molecule has 66 valence electrons. The fourth-order valence-electron chi connectivity index (χ4n) is 0.998. The van der Waals surface area contributed by atoms with Crippen molar-refractivity contribution in [3.63, 3.8) is 0 Å². The first-order chi connectivity index (χ1) is 5.74. The largest absolute Gasteiger partial charge is 0.299 e. The Morgan fingerprint density at radius 1 is 1.67 bits per heavy atom. The highest BCUT2D eigenvalue weighted by atomic mass is 79.9. The summed E-state index contributed by atoms with van der Waals surface area (Å²) in [6, 6.07) is 1.99. The van der Waals surface area contributed by atoms with Gasteiger partial charge in [0.25, 0.3) is 0 Å². The second kappa shape index (κ2) is 4.77. The van der Waals surface area contributed by atoms with E-state index >= 15 is 0 Å². The minimum atomic E-state index is 0.334. The number of hydrogen-bond donors (Lipinski definition) is 0. The summed E-state index contributed by atoms with van der Waals surface area (Å²) in [5.74, 6) is 0.334. The Morgan fingerprint density at radius 2 is 2.42 bits per heavy atom. The monoisotopic (exact) mass is 246 g/mol. The molecule has 0 spiro atoms. The number of rotatable bonds is 4. The van der Waals surface area contributed by atoms with Crippen LogP contribution in [0, 0.1) is 0 Å². The second-order valence-electron chi connectivity index (χ2n) is 2.66. The Morgan fingerprint density at radius 3 is 2.92 bits per heavy atom. The normalized spacial score (nSPS) is 10.2. The van der Waals surface area contributed by atoms with Crippen molar-refractivity contribution >= 4 is 33.0 Å². The van der Waals surface area contributed by atoms with Gasteiger partial charge in [-0.1, -0.05) is 6.92 Å². The maximum atomic E-state index is 11.2.